The first-order valence-corrected chi connectivity index (χ1v) is 9.24. The predicted molar refractivity (Wildman–Crippen MR) is 111 cm³/mol. The van der Waals surface area contributed by atoms with Crippen LogP contribution in [0.4, 0.5) is 0 Å². The SMILES string of the molecule is Cc1cccc(-[n+]2cccc(-c3cc(-c4ccccn4)ccc3C)c2C)c1. The molecule has 0 saturated heterocycles. The van der Waals surface area contributed by atoms with E-state index in [9.17, 15) is 0 Å². The Balaban J connectivity index is 1.86. The van der Waals surface area contributed by atoms with Gasteiger partial charge in [0.15, 0.2) is 11.9 Å². The van der Waals surface area contributed by atoms with Crippen LogP contribution in [0.1, 0.15) is 16.8 Å². The first-order valence-electron chi connectivity index (χ1n) is 9.24. The topological polar surface area (TPSA) is 16.8 Å². The maximum Gasteiger partial charge on any atom is 0.211 e. The van der Waals surface area contributed by atoms with Crippen molar-refractivity contribution in [1.29, 1.82) is 0 Å². The third-order valence-electron chi connectivity index (χ3n) is 5.02. The van der Waals surface area contributed by atoms with Gasteiger partial charge >= 0.3 is 0 Å². The predicted octanol–water partition coefficient (Wildman–Crippen LogP) is 5.62. The molecular weight excluding hydrogens is 328 g/mol. The molecule has 0 amide bonds. The second-order valence-corrected chi connectivity index (χ2v) is 6.96. The zero-order valence-electron chi connectivity index (χ0n) is 16.0. The number of rotatable bonds is 3. The summed E-state index contributed by atoms with van der Waals surface area (Å²) in [5.41, 5.74) is 9.57. The highest BCUT2D eigenvalue weighted by Crippen LogP contribution is 2.29. The maximum atomic E-state index is 4.51. The Kier molecular flexibility index (Phi) is 4.55. The number of benzene rings is 2. The Hall–Kier alpha value is -3.26. The largest absolute Gasteiger partial charge is 0.256 e. The van der Waals surface area contributed by atoms with Gasteiger partial charge in [0.2, 0.25) is 5.69 Å². The third kappa shape index (κ3) is 3.39. The van der Waals surface area contributed by atoms with Gasteiger partial charge in [-0.2, -0.15) is 4.57 Å². The molecule has 4 aromatic rings. The van der Waals surface area contributed by atoms with E-state index in [0.29, 0.717) is 0 Å². The quantitative estimate of drug-likeness (QED) is 0.438. The molecular formula is C25H23N2+. The monoisotopic (exact) mass is 351 g/mol. The molecule has 2 aromatic carbocycles. The van der Waals surface area contributed by atoms with Gasteiger partial charge in [-0.25, -0.2) is 0 Å². The lowest BCUT2D eigenvalue weighted by Crippen LogP contribution is -2.34. The van der Waals surface area contributed by atoms with Gasteiger partial charge in [-0.3, -0.25) is 4.98 Å². The second-order valence-electron chi connectivity index (χ2n) is 6.96. The minimum absolute atomic E-state index is 0.999. The molecule has 0 aliphatic rings. The lowest BCUT2D eigenvalue weighted by atomic mass is 9.95. The molecule has 0 fully saturated rings. The lowest BCUT2D eigenvalue weighted by Gasteiger charge is -2.11. The van der Waals surface area contributed by atoms with E-state index in [1.165, 1.54) is 33.6 Å². The fraction of sp³-hybridized carbons (Fsp3) is 0.120. The van der Waals surface area contributed by atoms with Crippen LogP contribution in [-0.4, -0.2) is 4.98 Å². The van der Waals surface area contributed by atoms with Gasteiger partial charge in [-0.1, -0.05) is 30.3 Å². The molecule has 132 valence electrons. The third-order valence-corrected chi connectivity index (χ3v) is 5.02. The molecule has 0 atom stereocenters. The van der Waals surface area contributed by atoms with Gasteiger partial charge in [0, 0.05) is 42.4 Å². The van der Waals surface area contributed by atoms with Crippen LogP contribution in [0.2, 0.25) is 0 Å². The molecule has 2 nitrogen and oxygen atoms in total. The summed E-state index contributed by atoms with van der Waals surface area (Å²) in [5.74, 6) is 0. The summed E-state index contributed by atoms with van der Waals surface area (Å²) in [4.78, 5) is 4.51. The summed E-state index contributed by atoms with van der Waals surface area (Å²) in [6, 6.07) is 25.5. The Morgan fingerprint density at radius 2 is 1.63 bits per heavy atom. The maximum absolute atomic E-state index is 4.51. The van der Waals surface area contributed by atoms with Crippen LogP contribution in [0.5, 0.6) is 0 Å². The van der Waals surface area contributed by atoms with E-state index in [0.717, 1.165) is 11.3 Å². The van der Waals surface area contributed by atoms with Crippen molar-refractivity contribution in [2.75, 3.05) is 0 Å². The van der Waals surface area contributed by atoms with Crippen LogP contribution in [0.25, 0.3) is 28.1 Å². The minimum Gasteiger partial charge on any atom is -0.256 e. The van der Waals surface area contributed by atoms with Crippen LogP contribution in [0.3, 0.4) is 0 Å². The number of hydrogen-bond acceptors (Lipinski definition) is 1. The van der Waals surface area contributed by atoms with E-state index < -0.39 is 0 Å². The van der Waals surface area contributed by atoms with Gasteiger partial charge in [-0.15, -0.1) is 0 Å². The molecule has 0 radical (unpaired) electrons. The Labute approximate surface area is 160 Å². The summed E-state index contributed by atoms with van der Waals surface area (Å²) in [7, 11) is 0. The fourth-order valence-corrected chi connectivity index (χ4v) is 3.53. The summed E-state index contributed by atoms with van der Waals surface area (Å²) in [6.45, 7) is 6.48. The molecule has 0 saturated carbocycles. The zero-order valence-corrected chi connectivity index (χ0v) is 16.0. The highest BCUT2D eigenvalue weighted by molar-refractivity contribution is 5.74. The van der Waals surface area contributed by atoms with Crippen molar-refractivity contribution >= 4 is 0 Å². The molecule has 2 heterocycles. The molecule has 2 aromatic heterocycles. The summed E-state index contributed by atoms with van der Waals surface area (Å²) >= 11 is 0. The van der Waals surface area contributed by atoms with Crippen LogP contribution >= 0.6 is 0 Å². The molecule has 0 aliphatic carbocycles. The van der Waals surface area contributed by atoms with Crippen LogP contribution in [-0.2, 0) is 0 Å². The number of aromatic nitrogens is 2. The van der Waals surface area contributed by atoms with E-state index >= 15 is 0 Å². The Morgan fingerprint density at radius 1 is 0.741 bits per heavy atom. The highest BCUT2D eigenvalue weighted by atomic mass is 15.0. The molecule has 0 N–H and O–H groups in total. The van der Waals surface area contributed by atoms with E-state index in [1.807, 2.05) is 18.3 Å². The van der Waals surface area contributed by atoms with Gasteiger partial charge in [0.05, 0.1) is 5.69 Å². The smallest absolute Gasteiger partial charge is 0.211 e. The molecule has 0 aliphatic heterocycles. The lowest BCUT2D eigenvalue weighted by molar-refractivity contribution is -0.602. The fourth-order valence-electron chi connectivity index (χ4n) is 3.53. The van der Waals surface area contributed by atoms with Gasteiger partial charge in [-0.05, 0) is 54.8 Å². The van der Waals surface area contributed by atoms with Crippen molar-refractivity contribution in [1.82, 2.24) is 4.98 Å². The number of aryl methyl sites for hydroxylation is 2. The van der Waals surface area contributed by atoms with Crippen molar-refractivity contribution in [3.8, 4) is 28.1 Å². The molecule has 4 rings (SSSR count). The zero-order chi connectivity index (χ0) is 18.8. The van der Waals surface area contributed by atoms with Crippen molar-refractivity contribution in [2.24, 2.45) is 0 Å². The second kappa shape index (κ2) is 7.16. The standard InChI is InChI=1S/C25H23N2/c1-18-8-6-9-22(16-18)27-15-7-10-23(20(27)3)24-17-21(13-12-19(24)2)25-11-4-5-14-26-25/h4-17H,1-3H3/q+1. The summed E-state index contributed by atoms with van der Waals surface area (Å²) in [6.07, 6.45) is 3.97. The van der Waals surface area contributed by atoms with Gasteiger partial charge in [0.1, 0.15) is 0 Å². The van der Waals surface area contributed by atoms with Crippen molar-refractivity contribution < 1.29 is 4.57 Å². The van der Waals surface area contributed by atoms with Crippen molar-refractivity contribution in [3.63, 3.8) is 0 Å². The van der Waals surface area contributed by atoms with Gasteiger partial charge in [0.25, 0.3) is 0 Å². The first kappa shape index (κ1) is 17.2. The molecule has 27 heavy (non-hydrogen) atoms. The van der Waals surface area contributed by atoms with E-state index in [2.05, 4.69) is 97.2 Å². The average Bonchev–Trinajstić information content (AvgIpc) is 2.69. The molecule has 0 bridgehead atoms. The van der Waals surface area contributed by atoms with E-state index in [-0.39, 0.29) is 0 Å². The van der Waals surface area contributed by atoms with Crippen molar-refractivity contribution in [2.45, 2.75) is 20.8 Å². The van der Waals surface area contributed by atoms with E-state index in [1.54, 1.807) is 0 Å². The summed E-state index contributed by atoms with van der Waals surface area (Å²) in [5, 5.41) is 0. The minimum atomic E-state index is 0.999. The highest BCUT2D eigenvalue weighted by Gasteiger charge is 2.17. The van der Waals surface area contributed by atoms with Crippen molar-refractivity contribution in [3.05, 3.63) is 102 Å². The Morgan fingerprint density at radius 3 is 2.41 bits per heavy atom. The number of nitrogens with zero attached hydrogens (tertiary/aromatic N) is 2. The van der Waals surface area contributed by atoms with E-state index in [4.69, 9.17) is 0 Å². The Bertz CT molecular complexity index is 1100. The summed E-state index contributed by atoms with van der Waals surface area (Å²) < 4.78 is 2.26. The first-order chi connectivity index (χ1) is 13.1. The molecule has 0 unspecified atom stereocenters. The van der Waals surface area contributed by atoms with Gasteiger partial charge < -0.3 is 0 Å². The van der Waals surface area contributed by atoms with Crippen LogP contribution in [0, 0.1) is 20.8 Å². The number of hydrogen-bond donors (Lipinski definition) is 0. The normalized spacial score (nSPS) is 10.8. The number of pyridine rings is 2. The molecule has 0 spiro atoms. The average molecular weight is 351 g/mol. The van der Waals surface area contributed by atoms with Crippen LogP contribution < -0.4 is 4.57 Å². The van der Waals surface area contributed by atoms with Crippen LogP contribution in [0.15, 0.2) is 85.2 Å². The molecule has 2 heteroatoms.